The van der Waals surface area contributed by atoms with Gasteiger partial charge in [0, 0.05) is 18.5 Å². The van der Waals surface area contributed by atoms with Gasteiger partial charge in [0.2, 0.25) is 0 Å². The Labute approximate surface area is 97.6 Å². The van der Waals surface area contributed by atoms with Gasteiger partial charge < -0.3 is 0 Å². The Morgan fingerprint density at radius 1 is 1.20 bits per heavy atom. The van der Waals surface area contributed by atoms with Crippen LogP contribution in [0.4, 0.5) is 0 Å². The van der Waals surface area contributed by atoms with E-state index in [1.807, 2.05) is 0 Å². The predicted octanol–water partition coefficient (Wildman–Crippen LogP) is 1.47. The molecule has 4 bridgehead atoms. The molecule has 0 aromatic rings. The van der Waals surface area contributed by atoms with Gasteiger partial charge in [-0.2, -0.15) is 0 Å². The lowest BCUT2D eigenvalue weighted by molar-refractivity contribution is -0.943. The fourth-order valence-corrected chi connectivity index (χ4v) is 6.22. The Morgan fingerprint density at radius 3 is 2.53 bits per heavy atom. The number of quaternary nitrogens is 1. The molecule has 4 saturated heterocycles. The quantitative estimate of drug-likeness (QED) is 0.322. The Hall–Kier alpha value is 0.340. The van der Waals surface area contributed by atoms with Crippen molar-refractivity contribution in [2.45, 2.75) is 0 Å². The van der Waals surface area contributed by atoms with Crippen LogP contribution in [0.15, 0.2) is 12.2 Å². The maximum Gasteiger partial charge on any atom is 0.137 e. The van der Waals surface area contributed by atoms with Crippen LogP contribution >= 0.6 is 19.5 Å². The first kappa shape index (κ1) is 10.5. The van der Waals surface area contributed by atoms with Crippen molar-refractivity contribution in [2.24, 2.45) is 0 Å². The topological polar surface area (TPSA) is 6.48 Å². The van der Waals surface area contributed by atoms with E-state index >= 15 is 0 Å². The summed E-state index contributed by atoms with van der Waals surface area (Å²) in [6.45, 7) is 4.93. The minimum atomic E-state index is 0.276. The van der Waals surface area contributed by atoms with Gasteiger partial charge in [-0.05, 0) is 14.0 Å². The van der Waals surface area contributed by atoms with Gasteiger partial charge in [0.05, 0.1) is 13.2 Å². The smallest absolute Gasteiger partial charge is 0.137 e. The van der Waals surface area contributed by atoms with Gasteiger partial charge in [-0.1, -0.05) is 6.08 Å². The zero-order valence-electron chi connectivity index (χ0n) is 8.98. The van der Waals surface area contributed by atoms with Crippen molar-refractivity contribution >= 4 is 19.5 Å². The summed E-state index contributed by atoms with van der Waals surface area (Å²) in [4.78, 5) is 5.27. The van der Waals surface area contributed by atoms with Gasteiger partial charge in [-0.15, -0.1) is 11.6 Å². The van der Waals surface area contributed by atoms with Gasteiger partial charge >= 0.3 is 0 Å². The molecule has 2 atom stereocenters. The summed E-state index contributed by atoms with van der Waals surface area (Å²) in [7, 11) is 0.276. The fraction of sp³-hybridized carbons (Fsp3) is 0.800. The molecular weight excluding hydrogens is 229 g/mol. The second-order valence-electron chi connectivity index (χ2n) is 5.01. The summed E-state index contributed by atoms with van der Waals surface area (Å²) in [5.74, 6) is 0.655. The molecule has 0 aromatic heterocycles. The van der Waals surface area contributed by atoms with E-state index < -0.39 is 0 Å². The fourth-order valence-electron chi connectivity index (χ4n) is 3.19. The van der Waals surface area contributed by atoms with Gasteiger partial charge in [0.15, 0.2) is 0 Å². The van der Waals surface area contributed by atoms with Crippen LogP contribution in [0.3, 0.4) is 0 Å². The average Bonchev–Trinajstić information content (AvgIpc) is 2.15. The van der Waals surface area contributed by atoms with Gasteiger partial charge in [0.25, 0.3) is 0 Å². The van der Waals surface area contributed by atoms with E-state index in [0.29, 0.717) is 5.88 Å². The Balaban J connectivity index is 1.72. The molecule has 2 unspecified atom stereocenters. The second-order valence-corrected chi connectivity index (χ2v) is 7.51. The van der Waals surface area contributed by atoms with Crippen molar-refractivity contribution in [3.63, 3.8) is 0 Å². The third kappa shape index (κ3) is 1.96. The first-order valence-corrected chi connectivity index (χ1v) is 7.96. The highest BCUT2D eigenvalue weighted by Crippen LogP contribution is 2.50. The molecule has 0 aromatic carbocycles. The summed E-state index contributed by atoms with van der Waals surface area (Å²) in [6.07, 6.45) is 8.60. The molecule has 0 spiro atoms. The number of hydrogen-bond donors (Lipinski definition) is 0. The molecule has 4 fully saturated rings. The molecule has 0 saturated carbocycles. The van der Waals surface area contributed by atoms with Crippen molar-refractivity contribution < 1.29 is 4.48 Å². The summed E-state index contributed by atoms with van der Waals surface area (Å²) in [5, 5.41) is 0. The summed E-state index contributed by atoms with van der Waals surface area (Å²) < 4.78 is 1.28. The van der Waals surface area contributed by atoms with Crippen LogP contribution in [0.2, 0.25) is 0 Å². The highest BCUT2D eigenvalue weighted by atomic mass is 35.5. The third-order valence-electron chi connectivity index (χ3n) is 3.45. The van der Waals surface area contributed by atoms with Crippen molar-refractivity contribution in [3.05, 3.63) is 12.2 Å². The molecule has 3 nitrogen and oxygen atoms in total. The number of hydrogen-bond acceptors (Lipinski definition) is 2. The third-order valence-corrected chi connectivity index (χ3v) is 6.23. The average molecular weight is 247 g/mol. The van der Waals surface area contributed by atoms with Crippen LogP contribution in [0.1, 0.15) is 0 Å². The molecule has 0 aliphatic carbocycles. The van der Waals surface area contributed by atoms with Crippen molar-refractivity contribution in [1.82, 2.24) is 9.80 Å². The first-order valence-electron chi connectivity index (χ1n) is 5.53. The zero-order chi connectivity index (χ0) is 10.3. The van der Waals surface area contributed by atoms with Crippen LogP contribution < -0.4 is 0 Å². The number of allylic oxidation sites excluding steroid dienone is 1. The Bertz CT molecular complexity index is 247. The maximum atomic E-state index is 5.68. The van der Waals surface area contributed by atoms with Crippen LogP contribution in [-0.4, -0.2) is 65.6 Å². The first-order chi connectivity index (χ1) is 7.30. The largest absolute Gasteiger partial charge is 0.292 e. The SMILES string of the molecule is ClC/C=C/C[N+]12CN3CN(CP(C3)C1)C2. The molecule has 4 aliphatic rings. The number of rotatable bonds is 3. The molecular formula is C10H18ClN3P+. The Kier molecular flexibility index (Phi) is 2.78. The van der Waals surface area contributed by atoms with E-state index in [1.165, 1.54) is 49.9 Å². The van der Waals surface area contributed by atoms with E-state index in [9.17, 15) is 0 Å². The van der Waals surface area contributed by atoms with Crippen LogP contribution in [0, 0.1) is 0 Å². The molecule has 0 radical (unpaired) electrons. The lowest BCUT2D eigenvalue weighted by Gasteiger charge is -2.59. The molecule has 0 amide bonds. The number of alkyl halides is 1. The van der Waals surface area contributed by atoms with E-state index in [4.69, 9.17) is 11.6 Å². The molecule has 0 N–H and O–H groups in total. The number of nitrogens with zero attached hydrogens (tertiary/aromatic N) is 3. The molecule has 4 heterocycles. The predicted molar refractivity (Wildman–Crippen MR) is 64.8 cm³/mol. The highest BCUT2D eigenvalue weighted by molar-refractivity contribution is 7.57. The van der Waals surface area contributed by atoms with Gasteiger partial charge in [-0.25, -0.2) is 9.80 Å². The zero-order valence-corrected chi connectivity index (χ0v) is 10.6. The van der Waals surface area contributed by atoms with E-state index in [0.717, 1.165) is 0 Å². The van der Waals surface area contributed by atoms with Crippen LogP contribution in [0.25, 0.3) is 0 Å². The van der Waals surface area contributed by atoms with Gasteiger partial charge in [-0.3, -0.25) is 4.48 Å². The van der Waals surface area contributed by atoms with Gasteiger partial charge in [0.1, 0.15) is 19.6 Å². The summed E-state index contributed by atoms with van der Waals surface area (Å²) >= 11 is 5.68. The molecule has 5 heteroatoms. The number of halogens is 1. The maximum absolute atomic E-state index is 5.68. The monoisotopic (exact) mass is 246 g/mol. The minimum absolute atomic E-state index is 0.276. The van der Waals surface area contributed by atoms with Crippen molar-refractivity contribution in [2.75, 3.05) is 51.3 Å². The second kappa shape index (κ2) is 3.97. The van der Waals surface area contributed by atoms with E-state index in [2.05, 4.69) is 22.0 Å². The standard InChI is InChI=1S/C10H18ClN3P/c11-3-1-2-4-14-6-12-5-13(7-14)9-15(8-12)10-14/h1-2H,3-10H2/q+1/b2-1+. The minimum Gasteiger partial charge on any atom is -0.292 e. The Morgan fingerprint density at radius 2 is 1.93 bits per heavy atom. The van der Waals surface area contributed by atoms with E-state index in [-0.39, 0.29) is 7.92 Å². The van der Waals surface area contributed by atoms with Crippen molar-refractivity contribution in [3.8, 4) is 0 Å². The summed E-state index contributed by atoms with van der Waals surface area (Å²) in [6, 6.07) is 0. The highest BCUT2D eigenvalue weighted by Gasteiger charge is 2.48. The van der Waals surface area contributed by atoms with Crippen LogP contribution in [-0.2, 0) is 0 Å². The molecule has 84 valence electrons. The molecule has 4 aliphatic heterocycles. The lowest BCUT2D eigenvalue weighted by atomic mass is 10.3. The summed E-state index contributed by atoms with van der Waals surface area (Å²) in [5.41, 5.74) is 0. The lowest BCUT2D eigenvalue weighted by Crippen LogP contribution is -2.71. The van der Waals surface area contributed by atoms with Crippen molar-refractivity contribution in [1.29, 1.82) is 0 Å². The van der Waals surface area contributed by atoms with E-state index in [1.54, 1.807) is 0 Å². The molecule has 15 heavy (non-hydrogen) atoms. The van der Waals surface area contributed by atoms with Crippen LogP contribution in [0.5, 0.6) is 0 Å². The normalized spacial score (nSPS) is 47.9. The molecule has 4 rings (SSSR count).